The minimum absolute atomic E-state index is 0.235. The Morgan fingerprint density at radius 3 is 2.65 bits per heavy atom. The molecule has 0 aliphatic carbocycles. The van der Waals surface area contributed by atoms with Gasteiger partial charge in [-0.1, -0.05) is 0 Å². The number of amides is 1. The van der Waals surface area contributed by atoms with Crippen LogP contribution in [0.5, 0.6) is 0 Å². The van der Waals surface area contributed by atoms with Gasteiger partial charge in [-0.05, 0) is 33.8 Å². The summed E-state index contributed by atoms with van der Waals surface area (Å²) in [5.41, 5.74) is 5.69. The van der Waals surface area contributed by atoms with E-state index in [1.807, 2.05) is 20.8 Å². The quantitative estimate of drug-likeness (QED) is 0.571. The molecule has 0 aliphatic rings. The van der Waals surface area contributed by atoms with Gasteiger partial charge >= 0.3 is 0 Å². The molecule has 3 aromatic heterocycles. The van der Waals surface area contributed by atoms with Gasteiger partial charge in [0.25, 0.3) is 5.91 Å². The number of aromatic nitrogens is 5. The summed E-state index contributed by atoms with van der Waals surface area (Å²) < 4.78 is 16.8. The van der Waals surface area contributed by atoms with E-state index in [-0.39, 0.29) is 5.56 Å². The molecular formula is C17H20FN7O. The fraction of sp³-hybridized carbons (Fsp3) is 0.353. The van der Waals surface area contributed by atoms with Crippen LogP contribution in [0.1, 0.15) is 39.9 Å². The van der Waals surface area contributed by atoms with Gasteiger partial charge in [0.2, 0.25) is 5.95 Å². The average molecular weight is 357 g/mol. The Bertz CT molecular complexity index is 1030. The Morgan fingerprint density at radius 1 is 1.31 bits per heavy atom. The molecule has 3 heterocycles. The second kappa shape index (κ2) is 6.66. The molecule has 136 valence electrons. The van der Waals surface area contributed by atoms with E-state index in [0.717, 1.165) is 10.4 Å². The molecule has 8 nitrogen and oxygen atoms in total. The molecule has 26 heavy (non-hydrogen) atoms. The highest BCUT2D eigenvalue weighted by Crippen LogP contribution is 2.22. The van der Waals surface area contributed by atoms with Crippen LogP contribution in [0.15, 0.2) is 11.2 Å². The van der Waals surface area contributed by atoms with Crippen LogP contribution in [-0.2, 0) is 13.6 Å². The van der Waals surface area contributed by atoms with Gasteiger partial charge in [0.15, 0.2) is 5.65 Å². The maximum absolute atomic E-state index is 13.9. The highest BCUT2D eigenvalue weighted by molar-refractivity contribution is 6.06. The van der Waals surface area contributed by atoms with Crippen LogP contribution in [0.3, 0.4) is 0 Å². The lowest BCUT2D eigenvalue weighted by molar-refractivity contribution is 0.0956. The number of pyridine rings is 1. The van der Waals surface area contributed by atoms with Crippen molar-refractivity contribution >= 4 is 23.2 Å². The molecule has 0 aromatic carbocycles. The molecule has 0 spiro atoms. The summed E-state index contributed by atoms with van der Waals surface area (Å²) >= 11 is 0. The maximum Gasteiger partial charge on any atom is 0.272 e. The number of aryl methyl sites for hydroxylation is 5. The van der Waals surface area contributed by atoms with E-state index in [2.05, 4.69) is 25.7 Å². The van der Waals surface area contributed by atoms with E-state index in [9.17, 15) is 9.18 Å². The predicted octanol–water partition coefficient (Wildman–Crippen LogP) is 2.01. The summed E-state index contributed by atoms with van der Waals surface area (Å²) in [6.45, 7) is 7.94. The van der Waals surface area contributed by atoms with Crippen molar-refractivity contribution in [1.82, 2.24) is 30.0 Å². The van der Waals surface area contributed by atoms with E-state index in [1.165, 1.54) is 13.3 Å². The Morgan fingerprint density at radius 2 is 2.04 bits per heavy atom. The van der Waals surface area contributed by atoms with Gasteiger partial charge in [-0.2, -0.15) is 19.7 Å². The van der Waals surface area contributed by atoms with Gasteiger partial charge < -0.3 is 0 Å². The molecule has 0 aliphatic heterocycles. The van der Waals surface area contributed by atoms with Gasteiger partial charge in [0, 0.05) is 19.3 Å². The molecule has 0 saturated heterocycles. The lowest BCUT2D eigenvalue weighted by Gasteiger charge is -2.05. The van der Waals surface area contributed by atoms with Crippen LogP contribution < -0.4 is 5.43 Å². The number of carbonyl (C=O) groups excluding carboxylic acids is 1. The molecule has 3 rings (SSSR count). The van der Waals surface area contributed by atoms with Crippen LogP contribution in [0.2, 0.25) is 0 Å². The normalized spacial score (nSPS) is 11.6. The first-order valence-corrected chi connectivity index (χ1v) is 8.20. The minimum atomic E-state index is -0.511. The summed E-state index contributed by atoms with van der Waals surface area (Å²) in [6.07, 6.45) is 1.25. The molecule has 1 amide bonds. The third-order valence-electron chi connectivity index (χ3n) is 4.11. The van der Waals surface area contributed by atoms with Crippen molar-refractivity contribution < 1.29 is 9.18 Å². The van der Waals surface area contributed by atoms with Crippen molar-refractivity contribution in [2.24, 2.45) is 12.1 Å². The maximum atomic E-state index is 13.9. The molecule has 0 unspecified atom stereocenters. The first-order valence-electron chi connectivity index (χ1n) is 8.20. The molecular weight excluding hydrogens is 337 g/mol. The average Bonchev–Trinajstić information content (AvgIpc) is 3.04. The SMILES string of the molecule is CCn1nc(C)c2c(C(=O)N/N=C/c3c(C)nn(C)c3F)cc(C)nc21. The highest BCUT2D eigenvalue weighted by atomic mass is 19.1. The second-order valence-electron chi connectivity index (χ2n) is 6.02. The van der Waals surface area contributed by atoms with Crippen LogP contribution in [0.4, 0.5) is 4.39 Å². The number of hydrogen-bond acceptors (Lipinski definition) is 5. The first-order chi connectivity index (χ1) is 12.3. The molecule has 0 atom stereocenters. The topological polar surface area (TPSA) is 90.0 Å². The number of rotatable bonds is 4. The van der Waals surface area contributed by atoms with Crippen molar-refractivity contribution in [3.8, 4) is 0 Å². The molecule has 3 aromatic rings. The fourth-order valence-electron chi connectivity index (χ4n) is 2.89. The zero-order valence-corrected chi connectivity index (χ0v) is 15.3. The van der Waals surface area contributed by atoms with Crippen molar-refractivity contribution in [1.29, 1.82) is 0 Å². The number of fused-ring (bicyclic) bond motifs is 1. The van der Waals surface area contributed by atoms with E-state index in [1.54, 1.807) is 17.7 Å². The monoisotopic (exact) mass is 357 g/mol. The van der Waals surface area contributed by atoms with Gasteiger partial charge in [-0.25, -0.2) is 19.8 Å². The molecule has 9 heteroatoms. The predicted molar refractivity (Wildman–Crippen MR) is 95.6 cm³/mol. The zero-order valence-electron chi connectivity index (χ0n) is 15.3. The number of nitrogens with one attached hydrogen (secondary N) is 1. The molecule has 1 N–H and O–H groups in total. The van der Waals surface area contributed by atoms with Crippen molar-refractivity contribution in [2.45, 2.75) is 34.2 Å². The number of halogens is 1. The summed E-state index contributed by atoms with van der Waals surface area (Å²) in [7, 11) is 1.50. The second-order valence-corrected chi connectivity index (χ2v) is 6.02. The van der Waals surface area contributed by atoms with Crippen LogP contribution in [0.25, 0.3) is 11.0 Å². The van der Waals surface area contributed by atoms with E-state index < -0.39 is 11.9 Å². The number of carbonyl (C=O) groups is 1. The Labute approximate surface area is 149 Å². The largest absolute Gasteiger partial charge is 0.272 e. The Hall–Kier alpha value is -3.10. The third kappa shape index (κ3) is 2.96. The van der Waals surface area contributed by atoms with Crippen LogP contribution in [0, 0.1) is 26.7 Å². The molecule has 0 saturated carbocycles. The van der Waals surface area contributed by atoms with E-state index in [4.69, 9.17) is 0 Å². The standard InChI is InChI=1S/C17H20FN7O/c1-6-25-16-14(11(4)23-25)12(7-9(2)20-16)17(26)21-19-8-13-10(3)22-24(5)15(13)18/h7-8H,6H2,1-5H3,(H,21,26)/b19-8+. The van der Waals surface area contributed by atoms with Crippen molar-refractivity contribution in [2.75, 3.05) is 0 Å². The fourth-order valence-corrected chi connectivity index (χ4v) is 2.89. The first kappa shape index (κ1) is 17.7. The minimum Gasteiger partial charge on any atom is -0.267 e. The van der Waals surface area contributed by atoms with Gasteiger partial charge in [0.1, 0.15) is 0 Å². The molecule has 0 fully saturated rings. The Kier molecular flexibility index (Phi) is 4.54. The van der Waals surface area contributed by atoms with E-state index >= 15 is 0 Å². The lowest BCUT2D eigenvalue weighted by Crippen LogP contribution is -2.18. The third-order valence-corrected chi connectivity index (χ3v) is 4.11. The number of nitrogens with zero attached hydrogens (tertiary/aromatic N) is 6. The zero-order chi connectivity index (χ0) is 19.0. The number of hydrazone groups is 1. The highest BCUT2D eigenvalue weighted by Gasteiger charge is 2.18. The summed E-state index contributed by atoms with van der Waals surface area (Å²) in [5, 5.41) is 13.0. The van der Waals surface area contributed by atoms with Crippen molar-refractivity contribution in [3.05, 3.63) is 40.2 Å². The molecule has 0 radical (unpaired) electrons. The Balaban J connectivity index is 1.93. The van der Waals surface area contributed by atoms with E-state index in [0.29, 0.717) is 34.5 Å². The number of hydrogen-bond donors (Lipinski definition) is 1. The smallest absolute Gasteiger partial charge is 0.267 e. The van der Waals surface area contributed by atoms with Gasteiger partial charge in [-0.15, -0.1) is 0 Å². The van der Waals surface area contributed by atoms with Crippen molar-refractivity contribution in [3.63, 3.8) is 0 Å². The summed E-state index contributed by atoms with van der Waals surface area (Å²) in [6, 6.07) is 1.69. The van der Waals surface area contributed by atoms with Gasteiger partial charge in [-0.3, -0.25) is 4.79 Å². The molecule has 0 bridgehead atoms. The van der Waals surface area contributed by atoms with Crippen LogP contribution >= 0.6 is 0 Å². The lowest BCUT2D eigenvalue weighted by atomic mass is 10.1. The summed E-state index contributed by atoms with van der Waals surface area (Å²) in [4.78, 5) is 17.1. The van der Waals surface area contributed by atoms with Gasteiger partial charge in [0.05, 0.1) is 34.1 Å². The van der Waals surface area contributed by atoms with Crippen LogP contribution in [-0.4, -0.2) is 36.7 Å². The summed E-state index contributed by atoms with van der Waals surface area (Å²) in [5.74, 6) is -0.917.